The molecule has 0 spiro atoms. The molecule has 4 nitrogen and oxygen atoms in total. The van der Waals surface area contributed by atoms with Crippen molar-refractivity contribution in [1.82, 2.24) is 5.32 Å². The number of carbonyl (C=O) groups is 1. The van der Waals surface area contributed by atoms with Crippen LogP contribution >= 0.6 is 15.9 Å². The summed E-state index contributed by atoms with van der Waals surface area (Å²) in [5, 5.41) is 2.87. The van der Waals surface area contributed by atoms with E-state index in [1.807, 2.05) is 6.07 Å². The average Bonchev–Trinajstić information content (AvgIpc) is 2.54. The quantitative estimate of drug-likeness (QED) is 0.863. The maximum Gasteiger partial charge on any atom is 0.221 e. The minimum atomic E-state index is 0.130. The van der Waals surface area contributed by atoms with Crippen LogP contribution < -0.4 is 16.0 Å². The van der Waals surface area contributed by atoms with E-state index in [9.17, 15) is 4.79 Å². The van der Waals surface area contributed by atoms with Crippen molar-refractivity contribution >= 4 is 27.5 Å². The SMILES string of the molecule is NCc1ccc(N2CCNC(=O)CC2)cc1Br. The summed E-state index contributed by atoms with van der Waals surface area (Å²) in [6.07, 6.45) is 0.552. The Morgan fingerprint density at radius 2 is 2.24 bits per heavy atom. The molecule has 92 valence electrons. The van der Waals surface area contributed by atoms with Crippen molar-refractivity contribution in [3.05, 3.63) is 28.2 Å². The lowest BCUT2D eigenvalue weighted by Crippen LogP contribution is -2.28. The highest BCUT2D eigenvalue weighted by atomic mass is 79.9. The standard InChI is InChI=1S/C12H16BrN3O/c13-11-7-10(2-1-9(11)8-14)16-5-3-12(17)15-4-6-16/h1-2,7H,3-6,8,14H2,(H,15,17). The highest BCUT2D eigenvalue weighted by Gasteiger charge is 2.14. The molecule has 1 aliphatic rings. The van der Waals surface area contributed by atoms with E-state index in [0.717, 1.165) is 28.8 Å². The van der Waals surface area contributed by atoms with Gasteiger partial charge < -0.3 is 16.0 Å². The molecule has 1 fully saturated rings. The summed E-state index contributed by atoms with van der Waals surface area (Å²) in [5.41, 5.74) is 7.85. The summed E-state index contributed by atoms with van der Waals surface area (Å²) in [6.45, 7) is 2.84. The van der Waals surface area contributed by atoms with Crippen LogP contribution in [-0.2, 0) is 11.3 Å². The Hall–Kier alpha value is -1.07. The van der Waals surface area contributed by atoms with Gasteiger partial charge in [0.2, 0.25) is 5.91 Å². The van der Waals surface area contributed by atoms with E-state index < -0.39 is 0 Å². The number of hydrogen-bond donors (Lipinski definition) is 2. The maximum absolute atomic E-state index is 11.3. The maximum atomic E-state index is 11.3. The van der Waals surface area contributed by atoms with Crippen LogP contribution in [0.4, 0.5) is 5.69 Å². The fourth-order valence-corrected chi connectivity index (χ4v) is 2.45. The second-order valence-corrected chi connectivity index (χ2v) is 4.92. The fraction of sp³-hybridized carbons (Fsp3) is 0.417. The summed E-state index contributed by atoms with van der Waals surface area (Å²) in [4.78, 5) is 13.5. The molecule has 1 aromatic rings. The van der Waals surface area contributed by atoms with E-state index in [-0.39, 0.29) is 5.91 Å². The number of carbonyl (C=O) groups excluding carboxylic acids is 1. The summed E-state index contributed by atoms with van der Waals surface area (Å²) < 4.78 is 1.03. The van der Waals surface area contributed by atoms with Crippen molar-refractivity contribution in [2.75, 3.05) is 24.5 Å². The third kappa shape index (κ3) is 2.98. The van der Waals surface area contributed by atoms with Crippen LogP contribution in [0.1, 0.15) is 12.0 Å². The molecule has 1 amide bonds. The van der Waals surface area contributed by atoms with E-state index in [1.165, 1.54) is 0 Å². The lowest BCUT2D eigenvalue weighted by atomic mass is 10.2. The van der Waals surface area contributed by atoms with E-state index in [2.05, 4.69) is 38.3 Å². The lowest BCUT2D eigenvalue weighted by molar-refractivity contribution is -0.120. The molecule has 2 rings (SSSR count). The van der Waals surface area contributed by atoms with E-state index in [0.29, 0.717) is 19.5 Å². The van der Waals surface area contributed by atoms with Gasteiger partial charge in [-0.05, 0) is 17.7 Å². The largest absolute Gasteiger partial charge is 0.369 e. The molecule has 1 aliphatic heterocycles. The zero-order valence-electron chi connectivity index (χ0n) is 9.58. The molecule has 0 aromatic heterocycles. The number of halogens is 1. The van der Waals surface area contributed by atoms with Gasteiger partial charge in [-0.1, -0.05) is 22.0 Å². The molecule has 0 radical (unpaired) electrons. The Balaban J connectivity index is 2.16. The normalized spacial score (nSPS) is 16.6. The van der Waals surface area contributed by atoms with Crippen molar-refractivity contribution in [3.8, 4) is 0 Å². The molecule has 0 bridgehead atoms. The Morgan fingerprint density at radius 1 is 1.41 bits per heavy atom. The van der Waals surface area contributed by atoms with Crippen LogP contribution in [0.25, 0.3) is 0 Å². The lowest BCUT2D eigenvalue weighted by Gasteiger charge is -2.22. The van der Waals surface area contributed by atoms with Gasteiger partial charge in [0.15, 0.2) is 0 Å². The molecular formula is C12H16BrN3O. The monoisotopic (exact) mass is 297 g/mol. The molecule has 1 saturated heterocycles. The van der Waals surface area contributed by atoms with Gasteiger partial charge >= 0.3 is 0 Å². The first-order valence-corrected chi connectivity index (χ1v) is 6.50. The zero-order valence-corrected chi connectivity index (χ0v) is 11.2. The topological polar surface area (TPSA) is 58.4 Å². The van der Waals surface area contributed by atoms with Crippen molar-refractivity contribution in [1.29, 1.82) is 0 Å². The van der Waals surface area contributed by atoms with Gasteiger partial charge in [0.1, 0.15) is 0 Å². The van der Waals surface area contributed by atoms with E-state index >= 15 is 0 Å². The number of amides is 1. The van der Waals surface area contributed by atoms with Gasteiger partial charge in [0.25, 0.3) is 0 Å². The minimum Gasteiger partial charge on any atom is -0.369 e. The smallest absolute Gasteiger partial charge is 0.221 e. The summed E-state index contributed by atoms with van der Waals surface area (Å²) >= 11 is 3.52. The molecule has 0 atom stereocenters. The number of benzene rings is 1. The second-order valence-electron chi connectivity index (χ2n) is 4.07. The third-order valence-corrected chi connectivity index (χ3v) is 3.67. The highest BCUT2D eigenvalue weighted by molar-refractivity contribution is 9.10. The molecule has 1 aromatic carbocycles. The van der Waals surface area contributed by atoms with E-state index in [4.69, 9.17) is 5.73 Å². The second kappa shape index (κ2) is 5.51. The van der Waals surface area contributed by atoms with Crippen LogP contribution in [0.3, 0.4) is 0 Å². The Labute approximate surface area is 109 Å². The molecule has 0 aliphatic carbocycles. The number of anilines is 1. The molecular weight excluding hydrogens is 282 g/mol. The number of hydrogen-bond acceptors (Lipinski definition) is 3. The molecule has 0 unspecified atom stereocenters. The molecule has 3 N–H and O–H groups in total. The van der Waals surface area contributed by atoms with Crippen LogP contribution in [0.5, 0.6) is 0 Å². The van der Waals surface area contributed by atoms with Crippen molar-refractivity contribution < 1.29 is 4.79 Å². The number of nitrogens with one attached hydrogen (secondary N) is 1. The predicted octanol–water partition coefficient (Wildman–Crippen LogP) is 1.23. The van der Waals surface area contributed by atoms with Gasteiger partial charge in [0.05, 0.1) is 0 Å². The first-order chi connectivity index (χ1) is 8.20. The summed E-state index contributed by atoms with van der Waals surface area (Å²) in [7, 11) is 0. The van der Waals surface area contributed by atoms with Gasteiger partial charge in [-0.3, -0.25) is 4.79 Å². The molecule has 17 heavy (non-hydrogen) atoms. The first-order valence-electron chi connectivity index (χ1n) is 5.71. The first kappa shape index (κ1) is 12.4. The molecule has 5 heteroatoms. The zero-order chi connectivity index (χ0) is 12.3. The number of rotatable bonds is 2. The summed E-state index contributed by atoms with van der Waals surface area (Å²) in [6, 6.07) is 6.15. The average molecular weight is 298 g/mol. The Morgan fingerprint density at radius 3 is 2.94 bits per heavy atom. The van der Waals surface area contributed by atoms with Crippen molar-refractivity contribution in [2.24, 2.45) is 5.73 Å². The van der Waals surface area contributed by atoms with Crippen molar-refractivity contribution in [3.63, 3.8) is 0 Å². The number of nitrogens with two attached hydrogens (primary N) is 1. The third-order valence-electron chi connectivity index (χ3n) is 2.93. The van der Waals surface area contributed by atoms with Gasteiger partial charge in [-0.2, -0.15) is 0 Å². The van der Waals surface area contributed by atoms with Gasteiger partial charge in [0, 0.05) is 42.8 Å². The van der Waals surface area contributed by atoms with Gasteiger partial charge in [-0.15, -0.1) is 0 Å². The van der Waals surface area contributed by atoms with Crippen LogP contribution in [-0.4, -0.2) is 25.5 Å². The summed E-state index contributed by atoms with van der Waals surface area (Å²) in [5.74, 6) is 0.130. The van der Waals surface area contributed by atoms with Crippen LogP contribution in [0.15, 0.2) is 22.7 Å². The Kier molecular flexibility index (Phi) is 4.02. The van der Waals surface area contributed by atoms with E-state index in [1.54, 1.807) is 0 Å². The number of nitrogens with zero attached hydrogens (tertiary/aromatic N) is 1. The van der Waals surface area contributed by atoms with Crippen LogP contribution in [0, 0.1) is 0 Å². The molecule has 0 saturated carbocycles. The van der Waals surface area contributed by atoms with Gasteiger partial charge in [-0.25, -0.2) is 0 Å². The van der Waals surface area contributed by atoms with Crippen molar-refractivity contribution in [2.45, 2.75) is 13.0 Å². The fourth-order valence-electron chi connectivity index (χ4n) is 1.92. The Bertz CT molecular complexity index is 422. The van der Waals surface area contributed by atoms with Crippen LogP contribution in [0.2, 0.25) is 0 Å². The minimum absolute atomic E-state index is 0.130. The highest BCUT2D eigenvalue weighted by Crippen LogP contribution is 2.24. The predicted molar refractivity (Wildman–Crippen MR) is 71.9 cm³/mol. The molecule has 1 heterocycles.